The van der Waals surface area contributed by atoms with E-state index in [1.165, 1.54) is 71.5 Å². The fraction of sp³-hybridized carbons (Fsp3) is 0. The highest BCUT2D eigenvalue weighted by Gasteiger charge is 2.16. The summed E-state index contributed by atoms with van der Waals surface area (Å²) >= 11 is 0. The summed E-state index contributed by atoms with van der Waals surface area (Å²) in [5.74, 6) is 0. The Morgan fingerprint density at radius 2 is 0.705 bits per heavy atom. The summed E-state index contributed by atoms with van der Waals surface area (Å²) in [5, 5.41) is 7.08. The lowest BCUT2D eigenvalue weighted by Crippen LogP contribution is -1.93. The molecule has 0 bridgehead atoms. The van der Waals surface area contributed by atoms with E-state index in [1.54, 1.807) is 0 Å². The van der Waals surface area contributed by atoms with Crippen molar-refractivity contribution >= 4 is 54.4 Å². The molecular weight excluding hydrogens is 739 g/mol. The van der Waals surface area contributed by atoms with E-state index in [-0.39, 0.29) is 0 Å². The quantitative estimate of drug-likeness (QED) is 0.158. The van der Waals surface area contributed by atoms with Crippen molar-refractivity contribution in [2.75, 3.05) is 0 Å². The molecule has 0 saturated carbocycles. The standard InChI is InChI=1S/C58H37N3/c1-3-12-38(13-4-1)45-28-32-50-52(35-45)53-36-46(39-14-5-2-6-15-39)29-33-51(53)58-57(50)59-37-54(60-58)42-24-22-40(23-25-42)43-16-11-17-44(34-43)41-26-30-47(31-27-41)61-55-20-9-7-18-48(55)49-19-8-10-21-56(49)61/h1-37H. The number of para-hydroxylation sites is 2. The summed E-state index contributed by atoms with van der Waals surface area (Å²) in [7, 11) is 0. The van der Waals surface area contributed by atoms with Gasteiger partial charge in [-0.3, -0.25) is 4.98 Å². The molecule has 0 saturated heterocycles. The lowest BCUT2D eigenvalue weighted by atomic mass is 9.93. The molecule has 3 heteroatoms. The van der Waals surface area contributed by atoms with Crippen LogP contribution in [-0.2, 0) is 0 Å². The van der Waals surface area contributed by atoms with Gasteiger partial charge < -0.3 is 4.57 Å². The molecule has 2 aromatic heterocycles. The van der Waals surface area contributed by atoms with E-state index in [0.29, 0.717) is 0 Å². The molecule has 12 rings (SSSR count). The predicted molar refractivity (Wildman–Crippen MR) is 256 cm³/mol. The number of benzene rings is 10. The summed E-state index contributed by atoms with van der Waals surface area (Å²) in [6.45, 7) is 0. The minimum atomic E-state index is 0.852. The van der Waals surface area contributed by atoms with Crippen LogP contribution in [0.15, 0.2) is 225 Å². The maximum Gasteiger partial charge on any atom is 0.0979 e. The van der Waals surface area contributed by atoms with Crippen molar-refractivity contribution in [2.45, 2.75) is 0 Å². The Bertz CT molecular complexity index is 3550. The number of aromatic nitrogens is 3. The molecule has 0 atom stereocenters. The first-order valence-corrected chi connectivity index (χ1v) is 20.8. The lowest BCUT2D eigenvalue weighted by molar-refractivity contribution is 1.18. The van der Waals surface area contributed by atoms with Gasteiger partial charge in [0.05, 0.1) is 34.0 Å². The second-order valence-electron chi connectivity index (χ2n) is 15.8. The van der Waals surface area contributed by atoms with E-state index in [1.807, 2.05) is 6.20 Å². The van der Waals surface area contributed by atoms with Gasteiger partial charge in [0.15, 0.2) is 0 Å². The highest BCUT2D eigenvalue weighted by atomic mass is 15.0. The third-order valence-electron chi connectivity index (χ3n) is 12.2. The molecule has 0 N–H and O–H groups in total. The molecule has 0 radical (unpaired) electrons. The van der Waals surface area contributed by atoms with Gasteiger partial charge in [-0.05, 0) is 97.7 Å². The first-order valence-electron chi connectivity index (χ1n) is 20.8. The van der Waals surface area contributed by atoms with Gasteiger partial charge in [0.1, 0.15) is 0 Å². The Morgan fingerprint density at radius 1 is 0.279 bits per heavy atom. The summed E-state index contributed by atoms with van der Waals surface area (Å²) < 4.78 is 2.36. The SMILES string of the molecule is c1ccc(-c2ccc3c(c2)c2cc(-c4ccccc4)ccc2c2nc(-c4ccc(-c5cccc(-c6ccc(-n7c8ccccc8c8ccccc87)cc6)c5)cc4)cnc32)cc1. The van der Waals surface area contributed by atoms with Crippen LogP contribution in [0.4, 0.5) is 0 Å². The van der Waals surface area contributed by atoms with Crippen LogP contribution in [0, 0.1) is 0 Å². The van der Waals surface area contributed by atoms with E-state index in [4.69, 9.17) is 9.97 Å². The van der Waals surface area contributed by atoms with Crippen molar-refractivity contribution in [1.29, 1.82) is 0 Å². The Kier molecular flexibility index (Phi) is 8.17. The van der Waals surface area contributed by atoms with Crippen LogP contribution in [0.3, 0.4) is 0 Å². The van der Waals surface area contributed by atoms with Gasteiger partial charge in [-0.25, -0.2) is 4.98 Å². The average molecular weight is 776 g/mol. The van der Waals surface area contributed by atoms with Crippen LogP contribution in [0.5, 0.6) is 0 Å². The van der Waals surface area contributed by atoms with Gasteiger partial charge in [-0.15, -0.1) is 0 Å². The molecule has 10 aromatic carbocycles. The first-order chi connectivity index (χ1) is 30.2. The van der Waals surface area contributed by atoms with Crippen molar-refractivity contribution in [3.63, 3.8) is 0 Å². The Morgan fingerprint density at radius 3 is 1.28 bits per heavy atom. The van der Waals surface area contributed by atoms with Crippen molar-refractivity contribution in [1.82, 2.24) is 14.5 Å². The molecule has 284 valence electrons. The Hall–Kier alpha value is -8.14. The molecule has 12 aromatic rings. The zero-order chi connectivity index (χ0) is 40.3. The van der Waals surface area contributed by atoms with Gasteiger partial charge >= 0.3 is 0 Å². The molecule has 0 fully saturated rings. The second kappa shape index (κ2) is 14.3. The summed E-state index contributed by atoms with van der Waals surface area (Å²) in [6, 6.07) is 78.4. The molecule has 0 aliphatic rings. The van der Waals surface area contributed by atoms with Crippen molar-refractivity contribution in [3.8, 4) is 61.5 Å². The largest absolute Gasteiger partial charge is 0.309 e. The third kappa shape index (κ3) is 5.98. The monoisotopic (exact) mass is 775 g/mol. The normalized spacial score (nSPS) is 11.6. The van der Waals surface area contributed by atoms with E-state index >= 15 is 0 Å². The summed E-state index contributed by atoms with van der Waals surface area (Å²) in [5.41, 5.74) is 16.7. The predicted octanol–water partition coefficient (Wildman–Crippen LogP) is 15.4. The number of hydrogen-bond donors (Lipinski definition) is 0. The number of rotatable bonds is 6. The summed E-state index contributed by atoms with van der Waals surface area (Å²) in [6.07, 6.45) is 1.93. The van der Waals surface area contributed by atoms with Crippen LogP contribution >= 0.6 is 0 Å². The van der Waals surface area contributed by atoms with Gasteiger partial charge in [0, 0.05) is 32.8 Å². The van der Waals surface area contributed by atoms with E-state index in [0.717, 1.165) is 44.3 Å². The molecule has 2 heterocycles. The van der Waals surface area contributed by atoms with Crippen LogP contribution in [0.2, 0.25) is 0 Å². The van der Waals surface area contributed by atoms with Crippen LogP contribution in [0.1, 0.15) is 0 Å². The van der Waals surface area contributed by atoms with Crippen molar-refractivity contribution in [2.24, 2.45) is 0 Å². The summed E-state index contributed by atoms with van der Waals surface area (Å²) in [4.78, 5) is 10.5. The van der Waals surface area contributed by atoms with Crippen LogP contribution in [-0.4, -0.2) is 14.5 Å². The maximum absolute atomic E-state index is 5.36. The number of nitrogens with zero attached hydrogens (tertiary/aromatic N) is 3. The Labute approximate surface area is 353 Å². The maximum atomic E-state index is 5.36. The molecule has 3 nitrogen and oxygen atoms in total. The number of fused-ring (bicyclic) bond motifs is 9. The van der Waals surface area contributed by atoms with E-state index < -0.39 is 0 Å². The topological polar surface area (TPSA) is 30.7 Å². The smallest absolute Gasteiger partial charge is 0.0979 e. The van der Waals surface area contributed by atoms with E-state index in [2.05, 4.69) is 223 Å². The van der Waals surface area contributed by atoms with Gasteiger partial charge in [0.25, 0.3) is 0 Å². The fourth-order valence-electron chi connectivity index (χ4n) is 9.20. The zero-order valence-electron chi connectivity index (χ0n) is 33.2. The van der Waals surface area contributed by atoms with E-state index in [9.17, 15) is 0 Å². The van der Waals surface area contributed by atoms with Gasteiger partial charge in [-0.2, -0.15) is 0 Å². The zero-order valence-corrected chi connectivity index (χ0v) is 33.2. The second-order valence-corrected chi connectivity index (χ2v) is 15.8. The highest BCUT2D eigenvalue weighted by molar-refractivity contribution is 6.24. The lowest BCUT2D eigenvalue weighted by Gasteiger charge is -2.14. The minimum absolute atomic E-state index is 0.852. The van der Waals surface area contributed by atoms with Crippen molar-refractivity contribution < 1.29 is 0 Å². The molecular formula is C58H37N3. The Balaban J connectivity index is 0.891. The van der Waals surface area contributed by atoms with Crippen LogP contribution < -0.4 is 0 Å². The molecule has 0 aliphatic heterocycles. The molecule has 0 spiro atoms. The molecule has 0 unspecified atom stereocenters. The first kappa shape index (κ1) is 34.9. The average Bonchev–Trinajstić information content (AvgIpc) is 3.68. The molecule has 61 heavy (non-hydrogen) atoms. The molecule has 0 aliphatic carbocycles. The fourth-order valence-corrected chi connectivity index (χ4v) is 9.20. The van der Waals surface area contributed by atoms with Gasteiger partial charge in [-0.1, -0.05) is 176 Å². The highest BCUT2D eigenvalue weighted by Crippen LogP contribution is 2.39. The third-order valence-corrected chi connectivity index (χ3v) is 12.2. The van der Waals surface area contributed by atoms with Gasteiger partial charge in [0.2, 0.25) is 0 Å². The number of hydrogen-bond acceptors (Lipinski definition) is 2. The van der Waals surface area contributed by atoms with Crippen molar-refractivity contribution in [3.05, 3.63) is 225 Å². The minimum Gasteiger partial charge on any atom is -0.309 e. The van der Waals surface area contributed by atoms with Crippen LogP contribution in [0.25, 0.3) is 116 Å². The molecule has 0 amide bonds.